The van der Waals surface area contributed by atoms with E-state index in [4.69, 9.17) is 37.7 Å². The fourth-order valence-corrected chi connectivity index (χ4v) is 5.88. The summed E-state index contributed by atoms with van der Waals surface area (Å²) in [5.74, 6) is -0.619. The summed E-state index contributed by atoms with van der Waals surface area (Å²) in [5, 5.41) is 13.6. The topological polar surface area (TPSA) is 135 Å². The van der Waals surface area contributed by atoms with E-state index >= 15 is 0 Å². The smallest absolute Gasteiger partial charge is 0.319 e. The van der Waals surface area contributed by atoms with Crippen LogP contribution < -0.4 is 19.7 Å². The number of benzene rings is 2. The molecule has 4 aromatic rings. The number of halogens is 2. The van der Waals surface area contributed by atoms with E-state index in [9.17, 15) is 14.9 Å². The van der Waals surface area contributed by atoms with E-state index in [0.717, 1.165) is 0 Å². The zero-order valence-corrected chi connectivity index (χ0v) is 23.7. The quantitative estimate of drug-likeness (QED) is 0.344. The molecular formula is C28H21Cl2N7O4. The summed E-state index contributed by atoms with van der Waals surface area (Å²) in [6.45, 7) is 3.80. The fraction of sp³-hybridized carbons (Fsp3) is 0.214. The molecule has 2 aromatic carbocycles. The minimum atomic E-state index is -1.75. The largest absolute Gasteiger partial charge is 0.480 e. The van der Waals surface area contributed by atoms with Crippen molar-refractivity contribution in [2.45, 2.75) is 25.4 Å². The van der Waals surface area contributed by atoms with Crippen LogP contribution >= 0.6 is 23.2 Å². The van der Waals surface area contributed by atoms with Crippen molar-refractivity contribution in [3.8, 4) is 29.3 Å². The first kappa shape index (κ1) is 26.6. The van der Waals surface area contributed by atoms with Crippen LogP contribution in [0.3, 0.4) is 0 Å². The molecular weight excluding hydrogens is 569 g/mol. The van der Waals surface area contributed by atoms with E-state index in [1.807, 2.05) is 13.8 Å². The van der Waals surface area contributed by atoms with Crippen LogP contribution in [0.4, 0.5) is 11.4 Å². The molecule has 1 atom stereocenters. The van der Waals surface area contributed by atoms with Gasteiger partial charge in [-0.15, -0.1) is 0 Å². The van der Waals surface area contributed by atoms with Crippen molar-refractivity contribution in [2.75, 3.05) is 24.4 Å². The Bertz CT molecular complexity index is 1830. The number of nitrogens with one attached hydrogen (secondary N) is 1. The molecule has 41 heavy (non-hydrogen) atoms. The van der Waals surface area contributed by atoms with E-state index in [-0.39, 0.29) is 39.9 Å². The molecule has 0 fully saturated rings. The number of anilines is 2. The highest BCUT2D eigenvalue weighted by Crippen LogP contribution is 2.55. The molecule has 2 aliphatic rings. The lowest BCUT2D eigenvalue weighted by molar-refractivity contribution is -0.119. The lowest BCUT2D eigenvalue weighted by Gasteiger charge is -2.36. The van der Waals surface area contributed by atoms with Gasteiger partial charge in [0, 0.05) is 33.5 Å². The summed E-state index contributed by atoms with van der Waals surface area (Å²) in [5.41, 5.74) is 0.194. The van der Waals surface area contributed by atoms with Gasteiger partial charge < -0.3 is 19.4 Å². The molecule has 13 heteroatoms. The molecule has 0 radical (unpaired) electrons. The number of imidazole rings is 1. The van der Waals surface area contributed by atoms with Crippen molar-refractivity contribution in [3.63, 3.8) is 0 Å². The van der Waals surface area contributed by atoms with E-state index in [2.05, 4.69) is 21.4 Å². The van der Waals surface area contributed by atoms with Gasteiger partial charge >= 0.3 is 6.01 Å². The molecule has 4 heterocycles. The predicted molar refractivity (Wildman–Crippen MR) is 151 cm³/mol. The molecule has 0 saturated carbocycles. The third-order valence-corrected chi connectivity index (χ3v) is 7.60. The van der Waals surface area contributed by atoms with Crippen LogP contribution in [0.15, 0.2) is 42.6 Å². The number of methoxy groups -OCH3 is 2. The number of nitrogens with zero attached hydrogens (tertiary/aromatic N) is 6. The average molecular weight is 590 g/mol. The summed E-state index contributed by atoms with van der Waals surface area (Å²) < 4.78 is 12.5. The van der Waals surface area contributed by atoms with E-state index in [0.29, 0.717) is 33.4 Å². The molecule has 11 nitrogen and oxygen atoms in total. The van der Waals surface area contributed by atoms with Crippen molar-refractivity contribution in [2.24, 2.45) is 0 Å². The number of hydrogen-bond donors (Lipinski definition) is 1. The van der Waals surface area contributed by atoms with E-state index in [1.165, 1.54) is 37.4 Å². The Labute approximate surface area is 244 Å². The predicted octanol–water partition coefficient (Wildman–Crippen LogP) is 4.97. The Morgan fingerprint density at radius 2 is 1.78 bits per heavy atom. The Kier molecular flexibility index (Phi) is 6.13. The van der Waals surface area contributed by atoms with Gasteiger partial charge in [-0.05, 0) is 44.2 Å². The first-order chi connectivity index (χ1) is 19.7. The molecule has 0 aliphatic carbocycles. The van der Waals surface area contributed by atoms with Crippen molar-refractivity contribution in [1.29, 1.82) is 5.26 Å². The van der Waals surface area contributed by atoms with Gasteiger partial charge in [-0.1, -0.05) is 29.3 Å². The Hall–Kier alpha value is -4.66. The molecule has 6 rings (SSSR count). The average Bonchev–Trinajstić information content (AvgIpc) is 3.56. The molecule has 1 spiro atoms. The number of hydrogen-bond acceptors (Lipinski definition) is 8. The molecule has 206 valence electrons. The zero-order valence-electron chi connectivity index (χ0n) is 22.2. The molecule has 2 aliphatic heterocycles. The minimum Gasteiger partial charge on any atom is -0.480 e. The Morgan fingerprint density at radius 1 is 1.05 bits per heavy atom. The highest BCUT2D eigenvalue weighted by molar-refractivity contribution is 6.32. The number of amides is 2. The number of carbonyl (C=O) groups excluding carboxylic acids is 2. The van der Waals surface area contributed by atoms with Crippen LogP contribution in [0.2, 0.25) is 10.0 Å². The second kappa shape index (κ2) is 9.47. The maximum Gasteiger partial charge on any atom is 0.319 e. The summed E-state index contributed by atoms with van der Waals surface area (Å²) in [6, 6.07) is 11.4. The fourth-order valence-electron chi connectivity index (χ4n) is 5.54. The third-order valence-electron chi connectivity index (χ3n) is 7.13. The van der Waals surface area contributed by atoms with Gasteiger partial charge in [-0.3, -0.25) is 14.5 Å². The maximum atomic E-state index is 14.4. The second-order valence-corrected chi connectivity index (χ2v) is 10.5. The van der Waals surface area contributed by atoms with Crippen molar-refractivity contribution < 1.29 is 19.1 Å². The van der Waals surface area contributed by atoms with E-state index < -0.39 is 17.4 Å². The first-order valence-corrected chi connectivity index (χ1v) is 13.2. The van der Waals surface area contributed by atoms with Crippen LogP contribution in [0.5, 0.6) is 11.9 Å². The van der Waals surface area contributed by atoms with Crippen molar-refractivity contribution in [1.82, 2.24) is 19.5 Å². The summed E-state index contributed by atoms with van der Waals surface area (Å²) in [7, 11) is 2.88. The Balaban J connectivity index is 1.74. The molecule has 0 saturated heterocycles. The summed E-state index contributed by atoms with van der Waals surface area (Å²) >= 11 is 12.7. The number of carbonyl (C=O) groups is 2. The van der Waals surface area contributed by atoms with Crippen LogP contribution in [0.25, 0.3) is 11.4 Å². The summed E-state index contributed by atoms with van der Waals surface area (Å²) in [6.07, 6.45) is 1.49. The zero-order chi connectivity index (χ0) is 29.2. The van der Waals surface area contributed by atoms with Crippen LogP contribution in [0, 0.1) is 11.3 Å². The summed E-state index contributed by atoms with van der Waals surface area (Å²) in [4.78, 5) is 43.3. The monoisotopic (exact) mass is 589 g/mol. The third kappa shape index (κ3) is 3.61. The molecule has 0 bridgehead atoms. The van der Waals surface area contributed by atoms with Gasteiger partial charge in [0.2, 0.25) is 5.88 Å². The highest BCUT2D eigenvalue weighted by Gasteiger charge is 2.64. The van der Waals surface area contributed by atoms with Gasteiger partial charge in [0.05, 0.1) is 36.7 Å². The van der Waals surface area contributed by atoms with E-state index in [1.54, 1.807) is 28.8 Å². The standard InChI is InChI=1S/C28H21Cl2N7O4/c1-13(2)36-22-21(34-23(36)17-12-32-27(41-4)35-24(17)40-3)25(38)37(20-10-16(30)6-5-14(20)11-31)28(22)18-8-7-15(29)9-19(18)33-26(28)39/h5-10,12-13H,1-4H3,(H,33,39)/t28-/m0/s1. The number of rotatable bonds is 5. The van der Waals surface area contributed by atoms with Crippen LogP contribution in [0.1, 0.15) is 47.2 Å². The van der Waals surface area contributed by atoms with Gasteiger partial charge in [-0.25, -0.2) is 9.97 Å². The Morgan fingerprint density at radius 3 is 2.46 bits per heavy atom. The molecule has 1 N–H and O–H groups in total. The highest BCUT2D eigenvalue weighted by atomic mass is 35.5. The number of ether oxygens (including phenoxy) is 2. The minimum absolute atomic E-state index is 0.0217. The maximum absolute atomic E-state index is 14.4. The number of aromatic nitrogens is 4. The van der Waals surface area contributed by atoms with Crippen molar-refractivity contribution in [3.05, 3.63) is 75.2 Å². The SMILES string of the molecule is COc1ncc(-c2nc3c(n2C(C)C)[C@@]2(C(=O)Nc4cc(Cl)ccc42)N(c2cc(Cl)ccc2C#N)C3=O)c(OC)n1. The van der Waals surface area contributed by atoms with Gasteiger partial charge in [0.15, 0.2) is 11.2 Å². The second-order valence-electron chi connectivity index (χ2n) is 9.64. The molecule has 2 aromatic heterocycles. The van der Waals surface area contributed by atoms with Crippen LogP contribution in [-0.4, -0.2) is 45.6 Å². The molecule has 0 unspecified atom stereocenters. The number of fused-ring (bicyclic) bond motifs is 4. The van der Waals surface area contributed by atoms with Crippen molar-refractivity contribution >= 4 is 46.4 Å². The molecule has 2 amide bonds. The van der Waals surface area contributed by atoms with Gasteiger partial charge in [0.25, 0.3) is 11.8 Å². The van der Waals surface area contributed by atoms with Crippen LogP contribution in [-0.2, 0) is 10.3 Å². The lowest BCUT2D eigenvalue weighted by atomic mass is 9.86. The van der Waals surface area contributed by atoms with Gasteiger partial charge in [0.1, 0.15) is 11.9 Å². The number of nitriles is 1. The first-order valence-electron chi connectivity index (χ1n) is 12.4. The normalized spacial score (nSPS) is 17.1. The van der Waals surface area contributed by atoms with Gasteiger partial charge in [-0.2, -0.15) is 10.2 Å². The lowest BCUT2D eigenvalue weighted by Crippen LogP contribution is -2.51.